The number of piperazine rings is 1. The lowest BCUT2D eigenvalue weighted by molar-refractivity contribution is -0.0529. The van der Waals surface area contributed by atoms with Crippen molar-refractivity contribution < 1.29 is 13.5 Å². The SMILES string of the molecule is CC(C)c1ccccc1C1CN(Cc2ccnc(OC(F)F)c2)CCN1C(C)(C)C. The first-order valence-corrected chi connectivity index (χ1v) is 10.6. The smallest absolute Gasteiger partial charge is 0.388 e. The molecule has 1 aromatic heterocycles. The maximum Gasteiger partial charge on any atom is 0.388 e. The average molecular weight is 418 g/mol. The van der Waals surface area contributed by atoms with Gasteiger partial charge in [-0.2, -0.15) is 8.78 Å². The lowest BCUT2D eigenvalue weighted by Crippen LogP contribution is -2.55. The fourth-order valence-corrected chi connectivity index (χ4v) is 4.36. The van der Waals surface area contributed by atoms with Crippen LogP contribution in [0.5, 0.6) is 5.88 Å². The maximum atomic E-state index is 12.5. The van der Waals surface area contributed by atoms with Crippen LogP contribution in [0.1, 0.15) is 63.3 Å². The summed E-state index contributed by atoms with van der Waals surface area (Å²) in [5.74, 6) is 0.421. The molecule has 2 aromatic rings. The summed E-state index contributed by atoms with van der Waals surface area (Å²) in [6.07, 6.45) is 1.53. The first-order valence-electron chi connectivity index (χ1n) is 10.6. The van der Waals surface area contributed by atoms with Gasteiger partial charge in [0.15, 0.2) is 0 Å². The van der Waals surface area contributed by atoms with Crippen molar-refractivity contribution in [2.45, 2.75) is 65.3 Å². The van der Waals surface area contributed by atoms with Crippen LogP contribution in [0, 0.1) is 0 Å². The van der Waals surface area contributed by atoms with E-state index in [0.717, 1.165) is 25.2 Å². The number of aromatic nitrogens is 1. The van der Waals surface area contributed by atoms with Gasteiger partial charge in [0.05, 0.1) is 0 Å². The Morgan fingerprint density at radius 1 is 1.13 bits per heavy atom. The van der Waals surface area contributed by atoms with Crippen molar-refractivity contribution in [1.82, 2.24) is 14.8 Å². The summed E-state index contributed by atoms with van der Waals surface area (Å²) in [5.41, 5.74) is 3.75. The number of benzene rings is 1. The van der Waals surface area contributed by atoms with Gasteiger partial charge in [-0.25, -0.2) is 4.98 Å². The van der Waals surface area contributed by atoms with Gasteiger partial charge in [0.25, 0.3) is 0 Å². The second kappa shape index (κ2) is 9.40. The lowest BCUT2D eigenvalue weighted by Gasteiger charge is -2.49. The van der Waals surface area contributed by atoms with Gasteiger partial charge >= 0.3 is 6.61 Å². The Bertz CT molecular complexity index is 835. The molecule has 1 fully saturated rings. The molecule has 1 atom stereocenters. The Morgan fingerprint density at radius 3 is 2.53 bits per heavy atom. The fourth-order valence-electron chi connectivity index (χ4n) is 4.36. The van der Waals surface area contributed by atoms with Gasteiger partial charge in [-0.3, -0.25) is 9.80 Å². The van der Waals surface area contributed by atoms with E-state index in [1.807, 2.05) is 6.07 Å². The van der Waals surface area contributed by atoms with Crippen molar-refractivity contribution in [1.29, 1.82) is 0 Å². The van der Waals surface area contributed by atoms with Crippen LogP contribution >= 0.6 is 0 Å². The maximum absolute atomic E-state index is 12.5. The second-order valence-electron chi connectivity index (χ2n) is 9.28. The molecule has 1 aliphatic rings. The normalized spacial score (nSPS) is 18.9. The molecular weight excluding hydrogens is 384 g/mol. The molecule has 0 spiro atoms. The second-order valence-corrected chi connectivity index (χ2v) is 9.28. The lowest BCUT2D eigenvalue weighted by atomic mass is 9.88. The molecule has 3 rings (SSSR count). The number of ether oxygens (including phenoxy) is 1. The third-order valence-electron chi connectivity index (χ3n) is 5.72. The zero-order chi connectivity index (χ0) is 21.9. The van der Waals surface area contributed by atoms with E-state index in [1.54, 1.807) is 6.07 Å². The minimum atomic E-state index is -2.86. The summed E-state index contributed by atoms with van der Waals surface area (Å²) in [6, 6.07) is 12.5. The van der Waals surface area contributed by atoms with Crippen LogP contribution in [-0.2, 0) is 6.54 Å². The number of nitrogens with zero attached hydrogens (tertiary/aromatic N) is 3. The monoisotopic (exact) mass is 417 g/mol. The average Bonchev–Trinajstić information content (AvgIpc) is 2.67. The molecule has 164 valence electrons. The number of pyridine rings is 1. The van der Waals surface area contributed by atoms with Crippen LogP contribution in [0.25, 0.3) is 0 Å². The topological polar surface area (TPSA) is 28.6 Å². The molecule has 0 saturated carbocycles. The Hall–Kier alpha value is -2.05. The van der Waals surface area contributed by atoms with E-state index in [1.165, 1.54) is 17.3 Å². The van der Waals surface area contributed by atoms with Crippen LogP contribution in [0.15, 0.2) is 42.6 Å². The van der Waals surface area contributed by atoms with Gasteiger partial charge in [0, 0.05) is 50.0 Å². The van der Waals surface area contributed by atoms with E-state index < -0.39 is 6.61 Å². The quantitative estimate of drug-likeness (QED) is 0.624. The Kier molecular flexibility index (Phi) is 7.09. The van der Waals surface area contributed by atoms with Crippen molar-refractivity contribution in [3.05, 3.63) is 59.3 Å². The van der Waals surface area contributed by atoms with Crippen LogP contribution in [0.2, 0.25) is 0 Å². The predicted octanol–water partition coefficient (Wildman–Crippen LogP) is 5.46. The zero-order valence-corrected chi connectivity index (χ0v) is 18.6. The molecule has 6 heteroatoms. The standard InChI is InChI=1S/C24H33F2N3O/c1-17(2)19-8-6-7-9-20(19)21-16-28(12-13-29(21)24(3,4)5)15-18-10-11-27-22(14-18)30-23(25)26/h6-11,14,17,21,23H,12-13,15-16H2,1-5H3. The minimum Gasteiger partial charge on any atom is -0.417 e. The summed E-state index contributed by atoms with van der Waals surface area (Å²) in [4.78, 5) is 8.86. The molecule has 0 N–H and O–H groups in total. The van der Waals surface area contributed by atoms with E-state index in [2.05, 4.69) is 78.4 Å². The third kappa shape index (κ3) is 5.55. The van der Waals surface area contributed by atoms with Gasteiger partial charge < -0.3 is 4.74 Å². The van der Waals surface area contributed by atoms with Crippen molar-refractivity contribution in [3.8, 4) is 5.88 Å². The van der Waals surface area contributed by atoms with Gasteiger partial charge in [-0.05, 0) is 49.4 Å². The highest BCUT2D eigenvalue weighted by Gasteiger charge is 2.36. The molecule has 30 heavy (non-hydrogen) atoms. The highest BCUT2D eigenvalue weighted by atomic mass is 19.3. The molecule has 1 unspecified atom stereocenters. The predicted molar refractivity (Wildman–Crippen MR) is 116 cm³/mol. The molecule has 4 nitrogen and oxygen atoms in total. The summed E-state index contributed by atoms with van der Waals surface area (Å²) < 4.78 is 29.5. The molecule has 0 radical (unpaired) electrons. The summed E-state index contributed by atoms with van der Waals surface area (Å²) in [6.45, 7) is 11.9. The number of alkyl halides is 2. The Morgan fingerprint density at radius 2 is 1.87 bits per heavy atom. The van der Waals surface area contributed by atoms with Crippen LogP contribution < -0.4 is 4.74 Å². The third-order valence-corrected chi connectivity index (χ3v) is 5.72. The first-order chi connectivity index (χ1) is 14.1. The van der Waals surface area contributed by atoms with Crippen molar-refractivity contribution in [3.63, 3.8) is 0 Å². The zero-order valence-electron chi connectivity index (χ0n) is 18.6. The molecule has 0 amide bonds. The highest BCUT2D eigenvalue weighted by molar-refractivity contribution is 5.33. The fraction of sp³-hybridized carbons (Fsp3) is 0.542. The van der Waals surface area contributed by atoms with E-state index in [4.69, 9.17) is 0 Å². The van der Waals surface area contributed by atoms with Crippen molar-refractivity contribution in [2.24, 2.45) is 0 Å². The molecule has 1 saturated heterocycles. The number of halogens is 2. The van der Waals surface area contributed by atoms with Crippen LogP contribution in [0.4, 0.5) is 8.78 Å². The first kappa shape index (κ1) is 22.6. The molecule has 1 aliphatic heterocycles. The molecule has 0 aliphatic carbocycles. The number of hydrogen-bond donors (Lipinski definition) is 0. The largest absolute Gasteiger partial charge is 0.417 e. The van der Waals surface area contributed by atoms with Crippen LogP contribution in [0.3, 0.4) is 0 Å². The Labute approximate surface area is 178 Å². The van der Waals surface area contributed by atoms with Crippen molar-refractivity contribution in [2.75, 3.05) is 19.6 Å². The van der Waals surface area contributed by atoms with E-state index in [0.29, 0.717) is 12.5 Å². The van der Waals surface area contributed by atoms with Gasteiger partial charge in [0.2, 0.25) is 5.88 Å². The van der Waals surface area contributed by atoms with Crippen molar-refractivity contribution >= 4 is 0 Å². The van der Waals surface area contributed by atoms with E-state index in [9.17, 15) is 8.78 Å². The summed E-state index contributed by atoms with van der Waals surface area (Å²) in [7, 11) is 0. The van der Waals surface area contributed by atoms with Gasteiger partial charge in [-0.1, -0.05) is 38.1 Å². The number of rotatable bonds is 6. The highest BCUT2D eigenvalue weighted by Crippen LogP contribution is 2.36. The number of hydrogen-bond acceptors (Lipinski definition) is 4. The Balaban J connectivity index is 1.84. The molecule has 1 aromatic carbocycles. The van der Waals surface area contributed by atoms with E-state index in [-0.39, 0.29) is 17.5 Å². The van der Waals surface area contributed by atoms with Crippen LogP contribution in [-0.4, -0.2) is 46.6 Å². The summed E-state index contributed by atoms with van der Waals surface area (Å²) >= 11 is 0. The van der Waals surface area contributed by atoms with E-state index >= 15 is 0 Å². The molecule has 2 heterocycles. The van der Waals surface area contributed by atoms with Gasteiger partial charge in [-0.15, -0.1) is 0 Å². The molecule has 0 bridgehead atoms. The minimum absolute atomic E-state index is 0.0301. The molecular formula is C24H33F2N3O. The van der Waals surface area contributed by atoms with Gasteiger partial charge in [0.1, 0.15) is 0 Å². The summed E-state index contributed by atoms with van der Waals surface area (Å²) in [5, 5.41) is 0.